The van der Waals surface area contributed by atoms with E-state index in [1.807, 2.05) is 0 Å². The zero-order chi connectivity index (χ0) is 17.2. The number of rotatable bonds is 16. The quantitative estimate of drug-likeness (QED) is 0.156. The maximum absolute atomic E-state index is 10.9. The standard InChI is InChI=1S/C18H33NO4/c1-2-3-4-5-6-7-8-9-10-11-12-13-14-15-16-17-18(20)23-19(21)22/h9-10H,2-8,11-17H2,1H3/b10-9+. The van der Waals surface area contributed by atoms with Crippen molar-refractivity contribution in [3.05, 3.63) is 22.3 Å². The van der Waals surface area contributed by atoms with Crippen LogP contribution in [-0.2, 0) is 9.63 Å². The second-order valence-electron chi connectivity index (χ2n) is 6.02. The molecule has 0 aliphatic rings. The van der Waals surface area contributed by atoms with E-state index in [9.17, 15) is 14.9 Å². The second kappa shape index (κ2) is 17.0. The van der Waals surface area contributed by atoms with Crippen LogP contribution in [0.2, 0.25) is 0 Å². The average molecular weight is 327 g/mol. The van der Waals surface area contributed by atoms with E-state index in [0.717, 1.165) is 25.7 Å². The number of hydrogen-bond acceptors (Lipinski definition) is 4. The van der Waals surface area contributed by atoms with E-state index in [2.05, 4.69) is 23.9 Å². The molecule has 0 amide bonds. The van der Waals surface area contributed by atoms with E-state index < -0.39 is 11.1 Å². The number of unbranched alkanes of at least 4 members (excludes halogenated alkanes) is 11. The van der Waals surface area contributed by atoms with Gasteiger partial charge >= 0.3 is 11.1 Å². The van der Waals surface area contributed by atoms with Gasteiger partial charge in [-0.05, 0) is 32.1 Å². The summed E-state index contributed by atoms with van der Waals surface area (Å²) in [6, 6.07) is 0. The molecule has 0 fully saturated rings. The molecule has 0 aromatic carbocycles. The summed E-state index contributed by atoms with van der Waals surface area (Å²) in [6.07, 6.45) is 20.1. The lowest BCUT2D eigenvalue weighted by Gasteiger charge is -2.00. The summed E-state index contributed by atoms with van der Waals surface area (Å²) >= 11 is 0. The number of carbonyl (C=O) groups excluding carboxylic acids is 1. The lowest BCUT2D eigenvalue weighted by Crippen LogP contribution is -2.09. The molecule has 0 aliphatic carbocycles. The van der Waals surface area contributed by atoms with Crippen molar-refractivity contribution in [1.82, 2.24) is 0 Å². The third kappa shape index (κ3) is 18.6. The Labute approximate surface area is 140 Å². The predicted octanol–water partition coefficient (Wildman–Crippen LogP) is 5.76. The topological polar surface area (TPSA) is 69.4 Å². The number of allylic oxidation sites excluding steroid dienone is 2. The van der Waals surface area contributed by atoms with Gasteiger partial charge in [-0.25, -0.2) is 4.84 Å². The van der Waals surface area contributed by atoms with Crippen LogP contribution < -0.4 is 0 Å². The highest BCUT2D eigenvalue weighted by molar-refractivity contribution is 5.68. The van der Waals surface area contributed by atoms with Crippen molar-refractivity contribution in [2.24, 2.45) is 0 Å². The third-order valence-electron chi connectivity index (χ3n) is 3.82. The minimum absolute atomic E-state index is 0.138. The van der Waals surface area contributed by atoms with Crippen LogP contribution in [0.25, 0.3) is 0 Å². The van der Waals surface area contributed by atoms with Gasteiger partial charge in [0.1, 0.15) is 0 Å². The SMILES string of the molecule is CCCCCCCC/C=C/CCCCCCCC(=O)O[N+](=O)[O-]. The molecule has 23 heavy (non-hydrogen) atoms. The molecule has 5 nitrogen and oxygen atoms in total. The Kier molecular flexibility index (Phi) is 15.9. The largest absolute Gasteiger partial charge is 0.303 e. The zero-order valence-corrected chi connectivity index (χ0v) is 14.6. The van der Waals surface area contributed by atoms with Crippen LogP contribution in [0.15, 0.2) is 12.2 Å². The van der Waals surface area contributed by atoms with E-state index in [1.165, 1.54) is 51.4 Å². The predicted molar refractivity (Wildman–Crippen MR) is 92.5 cm³/mol. The normalized spacial score (nSPS) is 11.0. The highest BCUT2D eigenvalue weighted by atomic mass is 17.0. The van der Waals surface area contributed by atoms with Crippen LogP contribution in [-0.4, -0.2) is 11.1 Å². The molecular formula is C18H33NO4. The molecular weight excluding hydrogens is 294 g/mol. The molecule has 0 unspecified atom stereocenters. The fourth-order valence-corrected chi connectivity index (χ4v) is 2.47. The molecule has 0 aliphatic heterocycles. The highest BCUT2D eigenvalue weighted by Crippen LogP contribution is 2.10. The van der Waals surface area contributed by atoms with Gasteiger partial charge in [-0.3, -0.25) is 4.79 Å². The van der Waals surface area contributed by atoms with Gasteiger partial charge in [0.15, 0.2) is 0 Å². The Balaban J connectivity index is 3.19. The smallest absolute Gasteiger partial charge is 0.268 e. The summed E-state index contributed by atoms with van der Waals surface area (Å²) in [6.45, 7) is 2.24. The molecule has 5 heteroatoms. The molecule has 0 saturated carbocycles. The van der Waals surface area contributed by atoms with E-state index in [1.54, 1.807) is 0 Å². The Morgan fingerprint density at radius 3 is 1.87 bits per heavy atom. The summed E-state index contributed by atoms with van der Waals surface area (Å²) in [5, 5.41) is 8.88. The van der Waals surface area contributed by atoms with Crippen molar-refractivity contribution in [3.63, 3.8) is 0 Å². The van der Waals surface area contributed by atoms with E-state index >= 15 is 0 Å². The van der Waals surface area contributed by atoms with Gasteiger partial charge in [0.05, 0.1) is 0 Å². The number of hydrogen-bond donors (Lipinski definition) is 0. The van der Waals surface area contributed by atoms with Crippen molar-refractivity contribution in [2.75, 3.05) is 0 Å². The molecule has 0 heterocycles. The van der Waals surface area contributed by atoms with Crippen molar-refractivity contribution < 1.29 is 14.7 Å². The van der Waals surface area contributed by atoms with Gasteiger partial charge in [0, 0.05) is 6.42 Å². The average Bonchev–Trinajstić information content (AvgIpc) is 2.50. The maximum Gasteiger partial charge on any atom is 0.303 e. The van der Waals surface area contributed by atoms with Crippen LogP contribution >= 0.6 is 0 Å². The van der Waals surface area contributed by atoms with Gasteiger partial charge in [0.25, 0.3) is 0 Å². The Morgan fingerprint density at radius 2 is 1.35 bits per heavy atom. The van der Waals surface area contributed by atoms with Gasteiger partial charge < -0.3 is 0 Å². The fourth-order valence-electron chi connectivity index (χ4n) is 2.47. The summed E-state index contributed by atoms with van der Waals surface area (Å²) in [4.78, 5) is 24.7. The number of carbonyl (C=O) groups is 1. The molecule has 0 aromatic rings. The monoisotopic (exact) mass is 327 g/mol. The third-order valence-corrected chi connectivity index (χ3v) is 3.82. The van der Waals surface area contributed by atoms with Gasteiger partial charge in [0.2, 0.25) is 0 Å². The van der Waals surface area contributed by atoms with E-state index in [-0.39, 0.29) is 6.42 Å². The lowest BCUT2D eigenvalue weighted by atomic mass is 10.1. The first-order chi connectivity index (χ1) is 11.2. The van der Waals surface area contributed by atoms with Crippen LogP contribution in [0.1, 0.15) is 96.8 Å². The first-order valence-corrected chi connectivity index (χ1v) is 9.17. The Morgan fingerprint density at radius 1 is 0.870 bits per heavy atom. The molecule has 0 radical (unpaired) electrons. The van der Waals surface area contributed by atoms with Crippen molar-refractivity contribution in [1.29, 1.82) is 0 Å². The number of nitrogens with zero attached hydrogens (tertiary/aromatic N) is 1. The van der Waals surface area contributed by atoms with Crippen LogP contribution in [0, 0.1) is 10.1 Å². The van der Waals surface area contributed by atoms with Crippen molar-refractivity contribution in [3.8, 4) is 0 Å². The molecule has 0 aromatic heterocycles. The summed E-state index contributed by atoms with van der Waals surface area (Å²) < 4.78 is 0. The molecule has 0 atom stereocenters. The molecule has 0 spiro atoms. The molecule has 0 N–H and O–H groups in total. The van der Waals surface area contributed by atoms with Crippen LogP contribution in [0.5, 0.6) is 0 Å². The molecule has 0 bridgehead atoms. The van der Waals surface area contributed by atoms with Crippen LogP contribution in [0.4, 0.5) is 0 Å². The second-order valence-corrected chi connectivity index (χ2v) is 6.02. The Hall–Kier alpha value is -1.39. The van der Waals surface area contributed by atoms with Gasteiger partial charge in [-0.15, -0.1) is 10.1 Å². The highest BCUT2D eigenvalue weighted by Gasteiger charge is 2.06. The fraction of sp³-hybridized carbons (Fsp3) is 0.833. The Bertz CT molecular complexity index is 329. The molecule has 134 valence electrons. The van der Waals surface area contributed by atoms with E-state index in [4.69, 9.17) is 0 Å². The lowest BCUT2D eigenvalue weighted by molar-refractivity contribution is -0.729. The van der Waals surface area contributed by atoms with Gasteiger partial charge in [-0.2, -0.15) is 0 Å². The summed E-state index contributed by atoms with van der Waals surface area (Å²) in [7, 11) is 0. The minimum atomic E-state index is -1.04. The first-order valence-electron chi connectivity index (χ1n) is 9.17. The van der Waals surface area contributed by atoms with E-state index in [0.29, 0.717) is 6.42 Å². The minimum Gasteiger partial charge on any atom is -0.268 e. The first kappa shape index (κ1) is 21.6. The summed E-state index contributed by atoms with van der Waals surface area (Å²) in [5.74, 6) is -0.743. The molecule has 0 saturated heterocycles. The van der Waals surface area contributed by atoms with Crippen LogP contribution in [0.3, 0.4) is 0 Å². The maximum atomic E-state index is 10.9. The zero-order valence-electron chi connectivity index (χ0n) is 14.6. The van der Waals surface area contributed by atoms with Crippen molar-refractivity contribution in [2.45, 2.75) is 96.8 Å². The summed E-state index contributed by atoms with van der Waals surface area (Å²) in [5.41, 5.74) is 0. The van der Waals surface area contributed by atoms with Crippen molar-refractivity contribution >= 4 is 5.97 Å². The molecule has 0 rings (SSSR count). The van der Waals surface area contributed by atoms with Gasteiger partial charge in [-0.1, -0.05) is 70.4 Å².